The van der Waals surface area contributed by atoms with Crippen LogP contribution in [0.25, 0.3) is 5.65 Å². The number of imidazole rings is 1. The van der Waals surface area contributed by atoms with Crippen LogP contribution in [0.3, 0.4) is 0 Å². The third-order valence-corrected chi connectivity index (χ3v) is 4.30. The first-order valence-electron chi connectivity index (χ1n) is 8.29. The Labute approximate surface area is 159 Å². The van der Waals surface area contributed by atoms with Crippen molar-refractivity contribution in [3.05, 3.63) is 70.3 Å². The number of esters is 1. The molecule has 0 atom stereocenters. The Hall–Kier alpha value is -2.25. The maximum Gasteiger partial charge on any atom is 0.320 e. The van der Waals surface area contributed by atoms with Gasteiger partial charge in [-0.1, -0.05) is 12.1 Å². The standard InChI is InChI=1S/C19H19BrFN3O2/c1-2-26-19(25)13-23(9-14-3-6-16(21)7-4-14)11-17-12-24-10-15(20)5-8-18(24)22-17/h3-8,10,12H,2,9,11,13H2,1H3. The number of aromatic nitrogens is 2. The predicted molar refractivity (Wildman–Crippen MR) is 100 cm³/mol. The number of hydrogen-bond donors (Lipinski definition) is 0. The zero-order valence-electron chi connectivity index (χ0n) is 14.4. The minimum Gasteiger partial charge on any atom is -0.465 e. The molecule has 2 aromatic heterocycles. The summed E-state index contributed by atoms with van der Waals surface area (Å²) < 4.78 is 21.1. The van der Waals surface area contributed by atoms with Gasteiger partial charge in [0.15, 0.2) is 0 Å². The van der Waals surface area contributed by atoms with Crippen LogP contribution in [0.4, 0.5) is 4.39 Å². The normalized spacial score (nSPS) is 11.2. The van der Waals surface area contributed by atoms with Crippen LogP contribution < -0.4 is 0 Å². The maximum absolute atomic E-state index is 13.1. The van der Waals surface area contributed by atoms with Gasteiger partial charge in [-0.05, 0) is 52.7 Å². The zero-order chi connectivity index (χ0) is 18.5. The van der Waals surface area contributed by atoms with Crippen LogP contribution in [-0.2, 0) is 22.6 Å². The second-order valence-electron chi connectivity index (χ2n) is 5.92. The minimum atomic E-state index is -0.291. The average molecular weight is 420 g/mol. The highest BCUT2D eigenvalue weighted by Gasteiger charge is 2.15. The highest BCUT2D eigenvalue weighted by atomic mass is 79.9. The van der Waals surface area contributed by atoms with Crippen LogP contribution in [0.15, 0.2) is 53.3 Å². The quantitative estimate of drug-likeness (QED) is 0.546. The smallest absolute Gasteiger partial charge is 0.320 e. The van der Waals surface area contributed by atoms with Crippen LogP contribution in [0.5, 0.6) is 0 Å². The van der Waals surface area contributed by atoms with Gasteiger partial charge in [-0.15, -0.1) is 0 Å². The van der Waals surface area contributed by atoms with E-state index in [-0.39, 0.29) is 18.3 Å². The Bertz CT molecular complexity index is 895. The van der Waals surface area contributed by atoms with Crippen molar-refractivity contribution in [2.45, 2.75) is 20.0 Å². The molecule has 0 bridgehead atoms. The molecular formula is C19H19BrFN3O2. The number of rotatable bonds is 7. The molecule has 3 aromatic rings. The summed E-state index contributed by atoms with van der Waals surface area (Å²) in [5, 5.41) is 0. The van der Waals surface area contributed by atoms with Gasteiger partial charge in [0, 0.05) is 30.0 Å². The molecule has 0 saturated heterocycles. The molecule has 26 heavy (non-hydrogen) atoms. The second-order valence-corrected chi connectivity index (χ2v) is 6.84. The van der Waals surface area contributed by atoms with Crippen molar-refractivity contribution in [1.29, 1.82) is 0 Å². The number of hydrogen-bond acceptors (Lipinski definition) is 4. The van der Waals surface area contributed by atoms with E-state index in [0.29, 0.717) is 19.7 Å². The summed E-state index contributed by atoms with van der Waals surface area (Å²) in [6, 6.07) is 10.1. The Morgan fingerprint density at radius 1 is 1.19 bits per heavy atom. The summed E-state index contributed by atoms with van der Waals surface area (Å²) in [7, 11) is 0. The Balaban J connectivity index is 1.78. The highest BCUT2D eigenvalue weighted by molar-refractivity contribution is 9.10. The van der Waals surface area contributed by atoms with Crippen molar-refractivity contribution >= 4 is 27.5 Å². The number of nitrogens with zero attached hydrogens (tertiary/aromatic N) is 3. The molecule has 3 rings (SSSR count). The summed E-state index contributed by atoms with van der Waals surface area (Å²) in [5.41, 5.74) is 2.60. The first-order chi connectivity index (χ1) is 12.5. The van der Waals surface area contributed by atoms with Crippen LogP contribution in [0, 0.1) is 5.82 Å². The zero-order valence-corrected chi connectivity index (χ0v) is 15.9. The first kappa shape index (κ1) is 18.5. The summed E-state index contributed by atoms with van der Waals surface area (Å²) >= 11 is 3.44. The SMILES string of the molecule is CCOC(=O)CN(Cc1ccc(F)cc1)Cc1cn2cc(Br)ccc2n1. The van der Waals surface area contributed by atoms with Crippen LogP contribution in [-0.4, -0.2) is 33.4 Å². The summed E-state index contributed by atoms with van der Waals surface area (Å²) in [6.45, 7) is 3.24. The molecule has 0 amide bonds. The van der Waals surface area contributed by atoms with Gasteiger partial charge in [0.2, 0.25) is 0 Å². The fourth-order valence-electron chi connectivity index (χ4n) is 2.73. The van der Waals surface area contributed by atoms with Gasteiger partial charge in [-0.2, -0.15) is 0 Å². The van der Waals surface area contributed by atoms with E-state index in [4.69, 9.17) is 4.74 Å². The molecule has 0 saturated carbocycles. The van der Waals surface area contributed by atoms with Gasteiger partial charge in [0.1, 0.15) is 11.5 Å². The molecule has 0 aliphatic heterocycles. The minimum absolute atomic E-state index is 0.142. The number of fused-ring (bicyclic) bond motifs is 1. The Kier molecular flexibility index (Phi) is 6.00. The van der Waals surface area contributed by atoms with E-state index in [1.54, 1.807) is 19.1 Å². The Morgan fingerprint density at radius 2 is 1.96 bits per heavy atom. The largest absolute Gasteiger partial charge is 0.465 e. The molecule has 0 unspecified atom stereocenters. The van der Waals surface area contributed by atoms with E-state index in [9.17, 15) is 9.18 Å². The molecule has 0 radical (unpaired) electrons. The second kappa shape index (κ2) is 8.42. The molecule has 0 aliphatic rings. The summed E-state index contributed by atoms with van der Waals surface area (Å²) in [4.78, 5) is 18.5. The van der Waals surface area contributed by atoms with E-state index >= 15 is 0 Å². The number of pyridine rings is 1. The fraction of sp³-hybridized carbons (Fsp3) is 0.263. The third-order valence-electron chi connectivity index (χ3n) is 3.83. The number of ether oxygens (including phenoxy) is 1. The molecule has 0 spiro atoms. The van der Waals surface area contributed by atoms with Crippen LogP contribution >= 0.6 is 15.9 Å². The van der Waals surface area contributed by atoms with Crippen molar-refractivity contribution < 1.29 is 13.9 Å². The molecular weight excluding hydrogens is 401 g/mol. The van der Waals surface area contributed by atoms with E-state index in [2.05, 4.69) is 20.9 Å². The van der Waals surface area contributed by atoms with Crippen molar-refractivity contribution in [2.75, 3.05) is 13.2 Å². The lowest BCUT2D eigenvalue weighted by Crippen LogP contribution is -2.30. The lowest BCUT2D eigenvalue weighted by atomic mass is 10.2. The van der Waals surface area contributed by atoms with E-state index in [1.807, 2.05) is 33.8 Å². The van der Waals surface area contributed by atoms with Gasteiger partial charge >= 0.3 is 5.97 Å². The predicted octanol–water partition coefficient (Wildman–Crippen LogP) is 3.80. The first-order valence-corrected chi connectivity index (χ1v) is 9.08. The van der Waals surface area contributed by atoms with E-state index in [1.165, 1.54) is 12.1 Å². The molecule has 0 fully saturated rings. The van der Waals surface area contributed by atoms with Crippen molar-refractivity contribution in [1.82, 2.24) is 14.3 Å². The molecule has 1 aromatic carbocycles. The fourth-order valence-corrected chi connectivity index (χ4v) is 3.08. The molecule has 136 valence electrons. The molecule has 0 aliphatic carbocycles. The summed E-state index contributed by atoms with van der Waals surface area (Å²) in [5.74, 6) is -0.572. The maximum atomic E-state index is 13.1. The number of benzene rings is 1. The summed E-state index contributed by atoms with van der Waals surface area (Å²) in [6.07, 6.45) is 3.87. The lowest BCUT2D eigenvalue weighted by Gasteiger charge is -2.20. The molecule has 2 heterocycles. The Morgan fingerprint density at radius 3 is 2.69 bits per heavy atom. The monoisotopic (exact) mass is 419 g/mol. The van der Waals surface area contributed by atoms with Crippen molar-refractivity contribution in [3.8, 4) is 0 Å². The van der Waals surface area contributed by atoms with Gasteiger partial charge in [-0.3, -0.25) is 9.69 Å². The molecule has 5 nitrogen and oxygen atoms in total. The molecule has 0 N–H and O–H groups in total. The average Bonchev–Trinajstić information content (AvgIpc) is 2.98. The van der Waals surface area contributed by atoms with Crippen molar-refractivity contribution in [2.24, 2.45) is 0 Å². The van der Waals surface area contributed by atoms with Crippen LogP contribution in [0.1, 0.15) is 18.2 Å². The van der Waals surface area contributed by atoms with Crippen molar-refractivity contribution in [3.63, 3.8) is 0 Å². The van der Waals surface area contributed by atoms with Gasteiger partial charge in [0.25, 0.3) is 0 Å². The highest BCUT2D eigenvalue weighted by Crippen LogP contribution is 2.15. The number of carbonyl (C=O) groups excluding carboxylic acids is 1. The van der Waals surface area contributed by atoms with Gasteiger partial charge < -0.3 is 9.14 Å². The number of halogens is 2. The van der Waals surface area contributed by atoms with Gasteiger partial charge in [-0.25, -0.2) is 9.37 Å². The van der Waals surface area contributed by atoms with Gasteiger partial charge in [0.05, 0.1) is 18.8 Å². The topological polar surface area (TPSA) is 46.8 Å². The lowest BCUT2D eigenvalue weighted by molar-refractivity contribution is -0.144. The van der Waals surface area contributed by atoms with E-state index < -0.39 is 0 Å². The van der Waals surface area contributed by atoms with Crippen LogP contribution in [0.2, 0.25) is 0 Å². The number of carbonyl (C=O) groups is 1. The molecule has 7 heteroatoms. The van der Waals surface area contributed by atoms with E-state index in [0.717, 1.165) is 21.4 Å². The third kappa shape index (κ3) is 4.89.